The lowest BCUT2D eigenvalue weighted by Crippen LogP contribution is -2.44. The summed E-state index contributed by atoms with van der Waals surface area (Å²) in [5, 5.41) is -0.0345. The van der Waals surface area contributed by atoms with Gasteiger partial charge in [0.25, 0.3) is 0 Å². The molecule has 1 aromatic carbocycles. The van der Waals surface area contributed by atoms with Gasteiger partial charge in [0.1, 0.15) is 0 Å². The Morgan fingerprint density at radius 2 is 1.68 bits per heavy atom. The molecule has 0 aromatic heterocycles. The summed E-state index contributed by atoms with van der Waals surface area (Å²) in [6.07, 6.45) is -1.88. The lowest BCUT2D eigenvalue weighted by molar-refractivity contribution is -0.162. The number of esters is 2. The Hall–Kier alpha value is -1.96. The van der Waals surface area contributed by atoms with Crippen molar-refractivity contribution in [2.75, 3.05) is 20.8 Å². The molecule has 0 amide bonds. The first-order chi connectivity index (χ1) is 12.9. The van der Waals surface area contributed by atoms with Crippen LogP contribution in [-0.4, -0.2) is 47.2 Å². The molecule has 156 valence electrons. The summed E-state index contributed by atoms with van der Waals surface area (Å²) in [5.74, 6) is -1.27. The zero-order chi connectivity index (χ0) is 21.5. The molecule has 0 heterocycles. The highest BCUT2D eigenvalue weighted by Crippen LogP contribution is 2.37. The average Bonchev–Trinajstić information content (AvgIpc) is 2.64. The molecule has 0 saturated carbocycles. The Labute approximate surface area is 168 Å². The molecule has 0 spiro atoms. The number of benzene rings is 1. The van der Waals surface area contributed by atoms with Gasteiger partial charge in [0.2, 0.25) is 0 Å². The summed E-state index contributed by atoms with van der Waals surface area (Å²) in [5.41, 5.74) is 0.681. The van der Waals surface area contributed by atoms with Gasteiger partial charge in [0.15, 0.2) is 20.5 Å². The van der Waals surface area contributed by atoms with E-state index in [1.54, 1.807) is 24.3 Å². The van der Waals surface area contributed by atoms with Crippen molar-refractivity contribution in [1.29, 1.82) is 0 Å². The van der Waals surface area contributed by atoms with Crippen LogP contribution in [0.5, 0.6) is 0 Å². The minimum Gasteiger partial charge on any atom is -0.466 e. The SMILES string of the molecule is C=C(C(=O)OC)[C@H](CO[Si](C)(C)C(C)(C)C)OC(=O)[C@H](OC)c1ccccc1. The van der Waals surface area contributed by atoms with Crippen LogP contribution in [-0.2, 0) is 28.2 Å². The molecule has 0 aliphatic heterocycles. The smallest absolute Gasteiger partial charge is 0.340 e. The number of methoxy groups -OCH3 is 2. The summed E-state index contributed by atoms with van der Waals surface area (Å²) < 4.78 is 21.8. The topological polar surface area (TPSA) is 71.1 Å². The van der Waals surface area contributed by atoms with E-state index in [0.29, 0.717) is 5.56 Å². The molecule has 2 atom stereocenters. The molecule has 0 bridgehead atoms. The van der Waals surface area contributed by atoms with E-state index in [1.165, 1.54) is 14.2 Å². The molecule has 0 saturated heterocycles. The standard InChI is InChI=1S/C21H32O6Si/c1-15(19(22)25-6)17(14-26-28(7,8)21(2,3)4)27-20(23)18(24-5)16-12-10-9-11-13-16/h9-13,17-18H,1,14H2,2-8H3/t17-,18+/m0/s1. The highest BCUT2D eigenvalue weighted by atomic mass is 28.4. The zero-order valence-electron chi connectivity index (χ0n) is 17.9. The summed E-state index contributed by atoms with van der Waals surface area (Å²) in [7, 11) is 0.554. The van der Waals surface area contributed by atoms with Gasteiger partial charge in [-0.25, -0.2) is 9.59 Å². The number of ether oxygens (including phenoxy) is 3. The molecule has 0 aliphatic carbocycles. The summed E-state index contributed by atoms with van der Waals surface area (Å²) >= 11 is 0. The first-order valence-electron chi connectivity index (χ1n) is 9.14. The molecule has 0 aliphatic rings. The van der Waals surface area contributed by atoms with E-state index < -0.39 is 32.5 Å². The van der Waals surface area contributed by atoms with E-state index >= 15 is 0 Å². The second-order valence-corrected chi connectivity index (χ2v) is 12.8. The lowest BCUT2D eigenvalue weighted by atomic mass is 10.1. The van der Waals surface area contributed by atoms with E-state index in [2.05, 4.69) is 40.4 Å². The third-order valence-electron chi connectivity index (χ3n) is 5.05. The zero-order valence-corrected chi connectivity index (χ0v) is 18.9. The number of carbonyl (C=O) groups is 2. The van der Waals surface area contributed by atoms with Gasteiger partial charge in [0.05, 0.1) is 19.3 Å². The van der Waals surface area contributed by atoms with Gasteiger partial charge in [-0.2, -0.15) is 0 Å². The van der Waals surface area contributed by atoms with Crippen molar-refractivity contribution >= 4 is 20.3 Å². The normalized spacial score (nSPS) is 14.1. The quantitative estimate of drug-likeness (QED) is 0.349. The highest BCUT2D eigenvalue weighted by Gasteiger charge is 2.39. The van der Waals surface area contributed by atoms with Crippen LogP contribution < -0.4 is 0 Å². The van der Waals surface area contributed by atoms with Crippen molar-refractivity contribution in [3.8, 4) is 0 Å². The summed E-state index contributed by atoms with van der Waals surface area (Å²) in [6, 6.07) is 8.99. The first kappa shape index (κ1) is 24.1. The highest BCUT2D eigenvalue weighted by molar-refractivity contribution is 6.74. The van der Waals surface area contributed by atoms with Gasteiger partial charge in [-0.15, -0.1) is 0 Å². The van der Waals surface area contributed by atoms with Gasteiger partial charge in [-0.1, -0.05) is 57.7 Å². The predicted molar refractivity (Wildman–Crippen MR) is 110 cm³/mol. The van der Waals surface area contributed by atoms with E-state index in [1.807, 2.05) is 6.07 Å². The number of rotatable bonds is 9. The van der Waals surface area contributed by atoms with Crippen LogP contribution in [0.3, 0.4) is 0 Å². The Bertz CT molecular complexity index is 678. The van der Waals surface area contributed by atoms with E-state index in [0.717, 1.165) is 0 Å². The molecule has 7 heteroatoms. The lowest BCUT2D eigenvalue weighted by Gasteiger charge is -2.37. The van der Waals surface area contributed by atoms with Gasteiger partial charge in [-0.3, -0.25) is 0 Å². The van der Waals surface area contributed by atoms with E-state index in [-0.39, 0.29) is 17.2 Å². The second kappa shape index (κ2) is 10.00. The van der Waals surface area contributed by atoms with Crippen LogP contribution in [0.25, 0.3) is 0 Å². The molecule has 6 nitrogen and oxygen atoms in total. The maximum Gasteiger partial charge on any atom is 0.340 e. The van der Waals surface area contributed by atoms with Gasteiger partial charge in [-0.05, 0) is 23.7 Å². The molecule has 0 radical (unpaired) electrons. The average molecular weight is 409 g/mol. The molecule has 0 unspecified atom stereocenters. The monoisotopic (exact) mass is 408 g/mol. The molecule has 1 rings (SSSR count). The molecule has 1 aromatic rings. The van der Waals surface area contributed by atoms with Crippen LogP contribution in [0.15, 0.2) is 42.5 Å². The van der Waals surface area contributed by atoms with Gasteiger partial charge < -0.3 is 18.6 Å². The van der Waals surface area contributed by atoms with Crippen LogP contribution in [0.4, 0.5) is 0 Å². The maximum absolute atomic E-state index is 12.7. The minimum atomic E-state index is -2.12. The van der Waals surface area contributed by atoms with Crippen molar-refractivity contribution in [2.24, 2.45) is 0 Å². The Kier molecular flexibility index (Phi) is 8.60. The fourth-order valence-electron chi connectivity index (χ4n) is 2.17. The fraction of sp³-hybridized carbons (Fsp3) is 0.524. The molecule has 0 N–H and O–H groups in total. The van der Waals surface area contributed by atoms with Crippen molar-refractivity contribution in [2.45, 2.75) is 51.1 Å². The first-order valence-corrected chi connectivity index (χ1v) is 12.0. The van der Waals surface area contributed by atoms with Gasteiger partial charge in [0, 0.05) is 7.11 Å². The third-order valence-corrected chi connectivity index (χ3v) is 9.55. The Morgan fingerprint density at radius 1 is 1.11 bits per heavy atom. The van der Waals surface area contributed by atoms with Crippen LogP contribution in [0.2, 0.25) is 18.1 Å². The predicted octanol–water partition coefficient (Wildman–Crippen LogP) is 4.04. The Morgan fingerprint density at radius 3 is 2.14 bits per heavy atom. The van der Waals surface area contributed by atoms with Crippen molar-refractivity contribution in [1.82, 2.24) is 0 Å². The van der Waals surface area contributed by atoms with E-state index in [9.17, 15) is 9.59 Å². The van der Waals surface area contributed by atoms with Gasteiger partial charge >= 0.3 is 11.9 Å². The van der Waals surface area contributed by atoms with Crippen molar-refractivity contribution < 1.29 is 28.2 Å². The maximum atomic E-state index is 12.7. The third kappa shape index (κ3) is 6.29. The minimum absolute atomic E-state index is 0.0254. The molecular formula is C21H32O6Si. The number of hydrogen-bond donors (Lipinski definition) is 0. The van der Waals surface area contributed by atoms with Crippen molar-refractivity contribution in [3.05, 3.63) is 48.0 Å². The van der Waals surface area contributed by atoms with Crippen LogP contribution in [0, 0.1) is 0 Å². The number of carbonyl (C=O) groups excluding carboxylic acids is 2. The second-order valence-electron chi connectivity index (χ2n) is 8.04. The van der Waals surface area contributed by atoms with Crippen LogP contribution >= 0.6 is 0 Å². The largest absolute Gasteiger partial charge is 0.466 e. The molecular weight excluding hydrogens is 376 g/mol. The molecule has 28 heavy (non-hydrogen) atoms. The number of hydrogen-bond acceptors (Lipinski definition) is 6. The summed E-state index contributed by atoms with van der Waals surface area (Å²) in [6.45, 7) is 14.2. The van der Waals surface area contributed by atoms with E-state index in [4.69, 9.17) is 18.6 Å². The summed E-state index contributed by atoms with van der Waals surface area (Å²) in [4.78, 5) is 24.7. The van der Waals surface area contributed by atoms with Crippen molar-refractivity contribution in [3.63, 3.8) is 0 Å². The molecule has 0 fully saturated rings. The fourth-order valence-corrected chi connectivity index (χ4v) is 3.17. The Balaban J connectivity index is 3.00. The van der Waals surface area contributed by atoms with Crippen LogP contribution in [0.1, 0.15) is 32.4 Å².